The topological polar surface area (TPSA) is 9.23 Å². The Labute approximate surface area is 56.0 Å². The zero-order chi connectivity index (χ0) is 6.69. The maximum absolute atomic E-state index is 5.13. The summed E-state index contributed by atoms with van der Waals surface area (Å²) in [6.45, 7) is 6.63. The van der Waals surface area contributed by atoms with E-state index in [0.29, 0.717) is 0 Å². The van der Waals surface area contributed by atoms with E-state index in [4.69, 9.17) is 4.74 Å². The maximum Gasteiger partial charge on any atom is 0.112 e. The fourth-order valence-corrected chi connectivity index (χ4v) is 0.962. The summed E-state index contributed by atoms with van der Waals surface area (Å²) >= 11 is 0. The minimum atomic E-state index is 0.771. The normalized spacial score (nSPS) is 17.4. The summed E-state index contributed by atoms with van der Waals surface area (Å²) in [4.78, 5) is 0. The molecular weight excluding hydrogens is 112 g/mol. The van der Waals surface area contributed by atoms with Crippen molar-refractivity contribution >= 4 is 0 Å². The third kappa shape index (κ3) is 1.60. The van der Waals surface area contributed by atoms with Crippen LogP contribution in [-0.4, -0.2) is 6.61 Å². The molecule has 0 N–H and O–H groups in total. The predicted molar refractivity (Wildman–Crippen MR) is 38.1 cm³/mol. The number of ether oxygens (including phenoxy) is 1. The number of allylic oxidation sites excluding steroid dienone is 1. The Morgan fingerprint density at radius 2 is 2.56 bits per heavy atom. The van der Waals surface area contributed by atoms with Crippen LogP contribution in [0.1, 0.15) is 19.8 Å². The van der Waals surface area contributed by atoms with Gasteiger partial charge in [-0.3, -0.25) is 0 Å². The molecule has 1 aliphatic heterocycles. The van der Waals surface area contributed by atoms with Gasteiger partial charge in [0, 0.05) is 0 Å². The van der Waals surface area contributed by atoms with Gasteiger partial charge in [0.15, 0.2) is 0 Å². The summed E-state index contributed by atoms with van der Waals surface area (Å²) in [5.41, 5.74) is 1.38. The van der Waals surface area contributed by atoms with Crippen molar-refractivity contribution in [2.45, 2.75) is 19.8 Å². The highest BCUT2D eigenvalue weighted by atomic mass is 16.5. The quantitative estimate of drug-likeness (QED) is 0.548. The fourth-order valence-electron chi connectivity index (χ4n) is 0.962. The molecule has 0 spiro atoms. The van der Waals surface area contributed by atoms with Gasteiger partial charge in [0.2, 0.25) is 0 Å². The Balaban J connectivity index is 2.42. The van der Waals surface area contributed by atoms with Crippen molar-refractivity contribution in [3.05, 3.63) is 24.0 Å². The summed E-state index contributed by atoms with van der Waals surface area (Å²) in [5, 5.41) is 0. The SMILES string of the molecule is C=C1C=C(CCC)CO1. The molecule has 50 valence electrons. The Bertz CT molecular complexity index is 145. The molecular formula is C8H12O. The summed E-state index contributed by atoms with van der Waals surface area (Å²) in [6.07, 6.45) is 4.38. The second-order valence-corrected chi connectivity index (χ2v) is 2.31. The summed E-state index contributed by atoms with van der Waals surface area (Å²) in [5.74, 6) is 0.818. The van der Waals surface area contributed by atoms with Crippen LogP contribution < -0.4 is 0 Å². The van der Waals surface area contributed by atoms with Gasteiger partial charge in [0.1, 0.15) is 12.4 Å². The molecule has 9 heavy (non-hydrogen) atoms. The van der Waals surface area contributed by atoms with E-state index in [-0.39, 0.29) is 0 Å². The van der Waals surface area contributed by atoms with Crippen LogP contribution in [0.25, 0.3) is 0 Å². The molecule has 0 aromatic heterocycles. The molecule has 0 aliphatic carbocycles. The molecule has 0 unspecified atom stereocenters. The monoisotopic (exact) mass is 124 g/mol. The van der Waals surface area contributed by atoms with E-state index in [9.17, 15) is 0 Å². The van der Waals surface area contributed by atoms with E-state index < -0.39 is 0 Å². The first-order valence-corrected chi connectivity index (χ1v) is 3.34. The smallest absolute Gasteiger partial charge is 0.112 e. The molecule has 0 saturated carbocycles. The fraction of sp³-hybridized carbons (Fsp3) is 0.500. The molecule has 1 nitrogen and oxygen atoms in total. The van der Waals surface area contributed by atoms with Crippen molar-refractivity contribution in [1.29, 1.82) is 0 Å². The third-order valence-corrected chi connectivity index (χ3v) is 1.38. The van der Waals surface area contributed by atoms with Crippen molar-refractivity contribution < 1.29 is 4.74 Å². The van der Waals surface area contributed by atoms with Crippen molar-refractivity contribution in [1.82, 2.24) is 0 Å². The Morgan fingerprint density at radius 3 is 3.00 bits per heavy atom. The summed E-state index contributed by atoms with van der Waals surface area (Å²) in [7, 11) is 0. The van der Waals surface area contributed by atoms with Gasteiger partial charge in [-0.25, -0.2) is 0 Å². The molecule has 0 aromatic carbocycles. The Kier molecular flexibility index (Phi) is 1.93. The number of hydrogen-bond donors (Lipinski definition) is 0. The van der Waals surface area contributed by atoms with E-state index in [0.717, 1.165) is 18.8 Å². The van der Waals surface area contributed by atoms with Crippen LogP contribution in [0.5, 0.6) is 0 Å². The highest BCUT2D eigenvalue weighted by Crippen LogP contribution is 2.16. The minimum Gasteiger partial charge on any atom is -0.490 e. The minimum absolute atomic E-state index is 0.771. The van der Waals surface area contributed by atoms with Crippen LogP contribution >= 0.6 is 0 Å². The van der Waals surface area contributed by atoms with Gasteiger partial charge in [0.05, 0.1) is 0 Å². The van der Waals surface area contributed by atoms with E-state index >= 15 is 0 Å². The first-order valence-electron chi connectivity index (χ1n) is 3.34. The van der Waals surface area contributed by atoms with E-state index in [1.807, 2.05) is 6.08 Å². The van der Waals surface area contributed by atoms with E-state index in [1.54, 1.807) is 0 Å². The molecule has 0 saturated heterocycles. The highest BCUT2D eigenvalue weighted by molar-refractivity contribution is 5.21. The molecule has 1 aliphatic rings. The second kappa shape index (κ2) is 2.72. The molecule has 0 aromatic rings. The second-order valence-electron chi connectivity index (χ2n) is 2.31. The van der Waals surface area contributed by atoms with Crippen LogP contribution in [0.2, 0.25) is 0 Å². The zero-order valence-electron chi connectivity index (χ0n) is 5.81. The molecule has 0 atom stereocenters. The van der Waals surface area contributed by atoms with E-state index in [1.165, 1.54) is 12.0 Å². The van der Waals surface area contributed by atoms with Crippen LogP contribution in [-0.2, 0) is 4.74 Å². The van der Waals surface area contributed by atoms with Crippen molar-refractivity contribution in [3.8, 4) is 0 Å². The van der Waals surface area contributed by atoms with Gasteiger partial charge in [-0.15, -0.1) is 0 Å². The number of rotatable bonds is 2. The lowest BCUT2D eigenvalue weighted by molar-refractivity contribution is 0.272. The van der Waals surface area contributed by atoms with Gasteiger partial charge in [-0.05, 0) is 18.1 Å². The summed E-state index contributed by atoms with van der Waals surface area (Å²) < 4.78 is 5.13. The third-order valence-electron chi connectivity index (χ3n) is 1.38. The Morgan fingerprint density at radius 1 is 1.78 bits per heavy atom. The lowest BCUT2D eigenvalue weighted by atomic mass is 10.2. The first kappa shape index (κ1) is 6.40. The molecule has 1 heterocycles. The molecule has 0 bridgehead atoms. The first-order chi connectivity index (χ1) is 4.33. The standard InChI is InChI=1S/C8H12O/c1-3-4-8-5-7(2)9-6-8/h5H,2-4,6H2,1H3. The lowest BCUT2D eigenvalue weighted by Gasteiger charge is -1.94. The van der Waals surface area contributed by atoms with Gasteiger partial charge >= 0.3 is 0 Å². The molecule has 1 heteroatoms. The van der Waals surface area contributed by atoms with Crippen LogP contribution in [0, 0.1) is 0 Å². The van der Waals surface area contributed by atoms with Gasteiger partial charge < -0.3 is 4.74 Å². The Hall–Kier alpha value is -0.720. The average molecular weight is 124 g/mol. The van der Waals surface area contributed by atoms with Crippen molar-refractivity contribution in [2.24, 2.45) is 0 Å². The molecule has 0 amide bonds. The van der Waals surface area contributed by atoms with Crippen LogP contribution in [0.4, 0.5) is 0 Å². The zero-order valence-corrected chi connectivity index (χ0v) is 5.81. The molecule has 1 rings (SSSR count). The van der Waals surface area contributed by atoms with Gasteiger partial charge in [-0.2, -0.15) is 0 Å². The maximum atomic E-state index is 5.13. The lowest BCUT2D eigenvalue weighted by Crippen LogP contribution is -1.85. The predicted octanol–water partition coefficient (Wildman–Crippen LogP) is 2.26. The highest BCUT2D eigenvalue weighted by Gasteiger charge is 2.05. The van der Waals surface area contributed by atoms with E-state index in [2.05, 4.69) is 13.5 Å². The number of hydrogen-bond acceptors (Lipinski definition) is 1. The van der Waals surface area contributed by atoms with Crippen LogP contribution in [0.15, 0.2) is 24.0 Å². The van der Waals surface area contributed by atoms with Crippen molar-refractivity contribution in [3.63, 3.8) is 0 Å². The molecule has 0 fully saturated rings. The summed E-state index contributed by atoms with van der Waals surface area (Å²) in [6, 6.07) is 0. The van der Waals surface area contributed by atoms with Gasteiger partial charge in [-0.1, -0.05) is 19.9 Å². The largest absolute Gasteiger partial charge is 0.490 e. The van der Waals surface area contributed by atoms with Crippen molar-refractivity contribution in [2.75, 3.05) is 6.61 Å². The van der Waals surface area contributed by atoms with Crippen LogP contribution in [0.3, 0.4) is 0 Å². The van der Waals surface area contributed by atoms with Gasteiger partial charge in [0.25, 0.3) is 0 Å². The molecule has 0 radical (unpaired) electrons. The average Bonchev–Trinajstić information content (AvgIpc) is 2.17.